The van der Waals surface area contributed by atoms with Gasteiger partial charge >= 0.3 is 0 Å². The lowest BCUT2D eigenvalue weighted by Gasteiger charge is -2.09. The van der Waals surface area contributed by atoms with E-state index in [0.29, 0.717) is 16.3 Å². The minimum absolute atomic E-state index is 0.0306. The van der Waals surface area contributed by atoms with Gasteiger partial charge in [-0.3, -0.25) is 4.79 Å². The minimum atomic E-state index is -3.69. The number of hydrogen-bond acceptors (Lipinski definition) is 5. The predicted octanol–water partition coefficient (Wildman–Crippen LogP) is 2.34. The minimum Gasteiger partial charge on any atom is -0.492 e. The Hall–Kier alpha value is -2.60. The van der Waals surface area contributed by atoms with Gasteiger partial charge in [0.15, 0.2) is 0 Å². The first-order chi connectivity index (χ1) is 12.9. The van der Waals surface area contributed by atoms with E-state index in [1.165, 1.54) is 24.3 Å². The largest absolute Gasteiger partial charge is 0.492 e. The molecule has 142 valence electrons. The van der Waals surface area contributed by atoms with Crippen molar-refractivity contribution in [1.82, 2.24) is 10.0 Å². The smallest absolute Gasteiger partial charge is 0.251 e. The number of nitriles is 1. The zero-order valence-electron chi connectivity index (χ0n) is 14.3. The summed E-state index contributed by atoms with van der Waals surface area (Å²) in [5.74, 6) is 0.309. The van der Waals surface area contributed by atoms with Crippen LogP contribution in [0.2, 0.25) is 5.02 Å². The third kappa shape index (κ3) is 6.57. The molecule has 0 bridgehead atoms. The Kier molecular flexibility index (Phi) is 7.61. The Morgan fingerprint density at radius 1 is 1.07 bits per heavy atom. The lowest BCUT2D eigenvalue weighted by Crippen LogP contribution is -2.28. The molecule has 0 aliphatic rings. The highest BCUT2D eigenvalue weighted by Crippen LogP contribution is 2.15. The zero-order chi connectivity index (χ0) is 19.7. The monoisotopic (exact) mass is 407 g/mol. The van der Waals surface area contributed by atoms with Crippen molar-refractivity contribution < 1.29 is 17.9 Å². The topological polar surface area (TPSA) is 108 Å². The van der Waals surface area contributed by atoms with Crippen molar-refractivity contribution in [2.45, 2.75) is 11.3 Å². The van der Waals surface area contributed by atoms with Gasteiger partial charge in [-0.15, -0.1) is 0 Å². The van der Waals surface area contributed by atoms with Gasteiger partial charge in [0.25, 0.3) is 5.91 Å². The SMILES string of the molecule is N#CCCNS(=O)(=O)c1ccc(C(=O)NCCOc2ccc(Cl)cc2)cc1. The maximum atomic E-state index is 12.1. The molecule has 0 atom stereocenters. The molecule has 2 rings (SSSR count). The molecule has 1 amide bonds. The molecule has 0 aliphatic carbocycles. The van der Waals surface area contributed by atoms with Crippen molar-refractivity contribution in [2.75, 3.05) is 19.7 Å². The molecular weight excluding hydrogens is 390 g/mol. The molecule has 0 spiro atoms. The maximum absolute atomic E-state index is 12.1. The first-order valence-corrected chi connectivity index (χ1v) is 9.92. The number of amides is 1. The number of nitrogens with one attached hydrogen (secondary N) is 2. The summed E-state index contributed by atoms with van der Waals surface area (Å²) in [6.45, 7) is 0.606. The van der Waals surface area contributed by atoms with E-state index >= 15 is 0 Å². The highest BCUT2D eigenvalue weighted by atomic mass is 35.5. The summed E-state index contributed by atoms with van der Waals surface area (Å²) in [6.07, 6.45) is 0.0812. The molecular formula is C18H18ClN3O4S. The number of carbonyl (C=O) groups excluding carboxylic acids is 1. The zero-order valence-corrected chi connectivity index (χ0v) is 15.9. The van der Waals surface area contributed by atoms with Crippen LogP contribution in [0.15, 0.2) is 53.4 Å². The highest BCUT2D eigenvalue weighted by Gasteiger charge is 2.14. The Morgan fingerprint density at radius 3 is 2.37 bits per heavy atom. The number of carbonyl (C=O) groups is 1. The van der Waals surface area contributed by atoms with Crippen LogP contribution in [-0.4, -0.2) is 34.0 Å². The lowest BCUT2D eigenvalue weighted by molar-refractivity contribution is 0.0947. The van der Waals surface area contributed by atoms with Crippen molar-refractivity contribution >= 4 is 27.5 Å². The first-order valence-electron chi connectivity index (χ1n) is 8.05. The summed E-state index contributed by atoms with van der Waals surface area (Å²) in [5.41, 5.74) is 0.331. The van der Waals surface area contributed by atoms with Crippen LogP contribution in [0, 0.1) is 11.3 Å². The Bertz CT molecular complexity index is 907. The van der Waals surface area contributed by atoms with E-state index < -0.39 is 10.0 Å². The third-order valence-electron chi connectivity index (χ3n) is 3.43. The van der Waals surface area contributed by atoms with Crippen LogP contribution in [0.25, 0.3) is 0 Å². The quantitative estimate of drug-likeness (QED) is 0.620. The summed E-state index contributed by atoms with van der Waals surface area (Å²) in [5, 5.41) is 11.8. The van der Waals surface area contributed by atoms with Crippen molar-refractivity contribution in [3.63, 3.8) is 0 Å². The number of benzene rings is 2. The van der Waals surface area contributed by atoms with Crippen LogP contribution in [0.5, 0.6) is 5.75 Å². The molecule has 0 saturated carbocycles. The summed E-state index contributed by atoms with van der Waals surface area (Å²) in [4.78, 5) is 12.1. The van der Waals surface area contributed by atoms with Crippen LogP contribution in [0.1, 0.15) is 16.8 Å². The standard InChI is InChI=1S/C18H18ClN3O4S/c19-15-4-6-16(7-5-15)26-13-12-21-18(23)14-2-8-17(9-3-14)27(24,25)22-11-1-10-20/h2-9,22H,1,11-13H2,(H,21,23). The number of sulfonamides is 1. The molecule has 2 N–H and O–H groups in total. The fourth-order valence-corrected chi connectivity index (χ4v) is 3.23. The summed E-state index contributed by atoms with van der Waals surface area (Å²) >= 11 is 5.79. The number of halogens is 1. The Balaban J connectivity index is 1.82. The number of nitrogens with zero attached hydrogens (tertiary/aromatic N) is 1. The van der Waals surface area contributed by atoms with E-state index in [0.717, 1.165) is 0 Å². The van der Waals surface area contributed by atoms with Gasteiger partial charge in [0.1, 0.15) is 12.4 Å². The van der Waals surface area contributed by atoms with Gasteiger partial charge < -0.3 is 10.1 Å². The normalized spacial score (nSPS) is 10.8. The second-order valence-corrected chi connectivity index (χ2v) is 7.59. The summed E-state index contributed by atoms with van der Waals surface area (Å²) in [6, 6.07) is 14.3. The second kappa shape index (κ2) is 9.92. The van der Waals surface area contributed by atoms with Gasteiger partial charge in [-0.1, -0.05) is 11.6 Å². The van der Waals surface area contributed by atoms with Gasteiger partial charge in [-0.05, 0) is 48.5 Å². The van der Waals surface area contributed by atoms with E-state index in [1.54, 1.807) is 24.3 Å². The highest BCUT2D eigenvalue weighted by molar-refractivity contribution is 7.89. The molecule has 9 heteroatoms. The Morgan fingerprint density at radius 2 is 1.74 bits per heavy atom. The molecule has 2 aromatic rings. The number of rotatable bonds is 9. The fraction of sp³-hybridized carbons (Fsp3) is 0.222. The maximum Gasteiger partial charge on any atom is 0.251 e. The van der Waals surface area contributed by atoms with Crippen LogP contribution < -0.4 is 14.8 Å². The van der Waals surface area contributed by atoms with Crippen molar-refractivity contribution in [2.24, 2.45) is 0 Å². The Labute approximate surface area is 163 Å². The molecule has 0 fully saturated rings. The van der Waals surface area contributed by atoms with Gasteiger partial charge in [-0.2, -0.15) is 5.26 Å². The van der Waals surface area contributed by atoms with Crippen LogP contribution in [0.4, 0.5) is 0 Å². The average molecular weight is 408 g/mol. The van der Waals surface area contributed by atoms with Crippen LogP contribution >= 0.6 is 11.6 Å². The van der Waals surface area contributed by atoms with Crippen molar-refractivity contribution in [3.05, 3.63) is 59.1 Å². The van der Waals surface area contributed by atoms with E-state index in [1.807, 2.05) is 6.07 Å². The molecule has 0 radical (unpaired) electrons. The predicted molar refractivity (Wildman–Crippen MR) is 101 cm³/mol. The van der Waals surface area contributed by atoms with Crippen molar-refractivity contribution in [3.8, 4) is 11.8 Å². The summed E-state index contributed by atoms with van der Waals surface area (Å²) < 4.78 is 31.8. The first kappa shape index (κ1) is 20.7. The molecule has 27 heavy (non-hydrogen) atoms. The van der Waals surface area contributed by atoms with Crippen molar-refractivity contribution in [1.29, 1.82) is 5.26 Å². The van der Waals surface area contributed by atoms with Crippen LogP contribution in [-0.2, 0) is 10.0 Å². The molecule has 0 heterocycles. The fourth-order valence-electron chi connectivity index (χ4n) is 2.08. The molecule has 7 nitrogen and oxygen atoms in total. The van der Waals surface area contributed by atoms with Crippen LogP contribution in [0.3, 0.4) is 0 Å². The number of ether oxygens (including phenoxy) is 1. The van der Waals surface area contributed by atoms with Gasteiger partial charge in [0.2, 0.25) is 10.0 Å². The van der Waals surface area contributed by atoms with Gasteiger partial charge in [0.05, 0.1) is 17.5 Å². The lowest BCUT2D eigenvalue weighted by atomic mass is 10.2. The molecule has 0 unspecified atom stereocenters. The van der Waals surface area contributed by atoms with E-state index in [-0.39, 0.29) is 36.9 Å². The molecule has 0 aromatic heterocycles. The molecule has 0 aliphatic heterocycles. The third-order valence-corrected chi connectivity index (χ3v) is 5.15. The molecule has 2 aromatic carbocycles. The average Bonchev–Trinajstić information content (AvgIpc) is 2.66. The van der Waals surface area contributed by atoms with E-state index in [9.17, 15) is 13.2 Å². The molecule has 0 saturated heterocycles. The summed E-state index contributed by atoms with van der Waals surface area (Å²) in [7, 11) is -3.69. The van der Waals surface area contributed by atoms with E-state index in [4.69, 9.17) is 21.6 Å². The number of hydrogen-bond donors (Lipinski definition) is 2. The van der Waals surface area contributed by atoms with Gasteiger partial charge in [0, 0.05) is 23.6 Å². The van der Waals surface area contributed by atoms with Gasteiger partial charge in [-0.25, -0.2) is 13.1 Å². The second-order valence-electron chi connectivity index (χ2n) is 5.39. The van der Waals surface area contributed by atoms with E-state index in [2.05, 4.69) is 10.0 Å².